The Morgan fingerprint density at radius 2 is 1.85 bits per heavy atom. The molecule has 3 aromatic rings. The topological polar surface area (TPSA) is 50.2 Å². The summed E-state index contributed by atoms with van der Waals surface area (Å²) in [6.07, 6.45) is 3.85. The van der Waals surface area contributed by atoms with Crippen LogP contribution in [0.15, 0.2) is 60.9 Å². The molecule has 4 rings (SSSR count). The minimum Gasteiger partial charge on any atom is -0.378 e. The maximum absolute atomic E-state index is 12.7. The number of aryl methyl sites for hydroxylation is 1. The minimum absolute atomic E-state index is 0.0301. The number of rotatable bonds is 4. The second-order valence-electron chi connectivity index (χ2n) is 7.15. The van der Waals surface area contributed by atoms with E-state index in [1.165, 1.54) is 0 Å². The summed E-state index contributed by atoms with van der Waals surface area (Å²) in [5.74, 6) is -0.0378. The number of benzene rings is 2. The summed E-state index contributed by atoms with van der Waals surface area (Å²) in [6, 6.07) is 17.7. The molecule has 0 fully saturated rings. The monoisotopic (exact) mass is 360 g/mol. The molecule has 5 heteroatoms. The lowest BCUT2D eigenvalue weighted by Crippen LogP contribution is -2.32. The first-order valence-electron chi connectivity index (χ1n) is 9.32. The first-order chi connectivity index (χ1) is 13.1. The number of aromatic nitrogens is 2. The summed E-state index contributed by atoms with van der Waals surface area (Å²) < 4.78 is 2.18. The van der Waals surface area contributed by atoms with Gasteiger partial charge in [0.05, 0.1) is 23.8 Å². The predicted octanol–water partition coefficient (Wildman–Crippen LogP) is 3.88. The van der Waals surface area contributed by atoms with Gasteiger partial charge in [0.25, 0.3) is 5.91 Å². The van der Waals surface area contributed by atoms with Crippen molar-refractivity contribution in [1.82, 2.24) is 14.9 Å². The van der Waals surface area contributed by atoms with Crippen LogP contribution < -0.4 is 10.2 Å². The number of hydrogen-bond acceptors (Lipinski definition) is 3. The highest BCUT2D eigenvalue weighted by atomic mass is 16.1. The van der Waals surface area contributed by atoms with Crippen LogP contribution in [0.5, 0.6) is 0 Å². The standard InChI is InChI=1S/C22H24N4O/c1-25(2)18-12-10-16(11-13-18)20-21-19(9-6-14-26(21)15-23-20)24-22(27)17-7-4-3-5-8-17/h3-5,7-8,10-13,15,19H,6,9,14H2,1-2H3,(H,24,27)/t19-/m0/s1. The van der Waals surface area contributed by atoms with Crippen molar-refractivity contribution in [3.8, 4) is 11.3 Å². The van der Waals surface area contributed by atoms with Gasteiger partial charge in [-0.15, -0.1) is 0 Å². The average Bonchev–Trinajstić information content (AvgIpc) is 3.14. The van der Waals surface area contributed by atoms with Crippen LogP contribution in [0.4, 0.5) is 5.69 Å². The number of imidazole rings is 1. The number of nitrogens with zero attached hydrogens (tertiary/aromatic N) is 3. The van der Waals surface area contributed by atoms with Gasteiger partial charge < -0.3 is 14.8 Å². The summed E-state index contributed by atoms with van der Waals surface area (Å²) in [7, 11) is 4.06. The third kappa shape index (κ3) is 3.45. The second-order valence-corrected chi connectivity index (χ2v) is 7.15. The van der Waals surface area contributed by atoms with Crippen molar-refractivity contribution in [3.05, 3.63) is 72.2 Å². The molecule has 27 heavy (non-hydrogen) atoms. The van der Waals surface area contributed by atoms with Crippen LogP contribution in [0.25, 0.3) is 11.3 Å². The summed E-state index contributed by atoms with van der Waals surface area (Å²) in [4.78, 5) is 19.4. The van der Waals surface area contributed by atoms with Gasteiger partial charge >= 0.3 is 0 Å². The molecule has 0 saturated carbocycles. The largest absolute Gasteiger partial charge is 0.378 e. The van der Waals surface area contributed by atoms with E-state index in [1.54, 1.807) is 0 Å². The first-order valence-corrected chi connectivity index (χ1v) is 9.32. The molecule has 138 valence electrons. The van der Waals surface area contributed by atoms with E-state index in [4.69, 9.17) is 0 Å². The summed E-state index contributed by atoms with van der Waals surface area (Å²) >= 11 is 0. The molecule has 0 radical (unpaired) electrons. The van der Waals surface area contributed by atoms with E-state index >= 15 is 0 Å². The Morgan fingerprint density at radius 3 is 2.56 bits per heavy atom. The van der Waals surface area contributed by atoms with Crippen LogP contribution in [0.3, 0.4) is 0 Å². The van der Waals surface area contributed by atoms with Crippen molar-refractivity contribution in [1.29, 1.82) is 0 Å². The van der Waals surface area contributed by atoms with Gasteiger partial charge in [-0.3, -0.25) is 4.79 Å². The van der Waals surface area contributed by atoms with Crippen molar-refractivity contribution in [2.45, 2.75) is 25.4 Å². The molecule has 1 aliphatic rings. The Hall–Kier alpha value is -3.08. The number of nitrogens with one attached hydrogen (secondary N) is 1. The number of fused-ring (bicyclic) bond motifs is 1. The van der Waals surface area contributed by atoms with Crippen LogP contribution in [0.1, 0.15) is 34.9 Å². The third-order valence-electron chi connectivity index (χ3n) is 5.10. The van der Waals surface area contributed by atoms with Crippen molar-refractivity contribution in [2.24, 2.45) is 0 Å². The number of carbonyl (C=O) groups is 1. The van der Waals surface area contributed by atoms with Gasteiger partial charge in [0.2, 0.25) is 0 Å². The number of carbonyl (C=O) groups excluding carboxylic acids is 1. The van der Waals surface area contributed by atoms with Crippen molar-refractivity contribution in [3.63, 3.8) is 0 Å². The van der Waals surface area contributed by atoms with Crippen molar-refractivity contribution < 1.29 is 4.79 Å². The number of anilines is 1. The van der Waals surface area contributed by atoms with Gasteiger partial charge in [-0.25, -0.2) is 4.98 Å². The van der Waals surface area contributed by atoms with Gasteiger partial charge in [0.1, 0.15) is 0 Å². The van der Waals surface area contributed by atoms with Crippen LogP contribution in [0, 0.1) is 0 Å². The van der Waals surface area contributed by atoms with Crippen LogP contribution in [0.2, 0.25) is 0 Å². The molecule has 0 spiro atoms. The first kappa shape index (κ1) is 17.3. The van der Waals surface area contributed by atoms with E-state index in [-0.39, 0.29) is 11.9 Å². The lowest BCUT2D eigenvalue weighted by molar-refractivity contribution is 0.0929. The highest BCUT2D eigenvalue weighted by Gasteiger charge is 2.27. The Bertz CT molecular complexity index is 929. The lowest BCUT2D eigenvalue weighted by Gasteiger charge is -2.26. The molecule has 1 amide bonds. The molecule has 1 atom stereocenters. The fourth-order valence-corrected chi connectivity index (χ4v) is 3.65. The van der Waals surface area contributed by atoms with E-state index in [0.29, 0.717) is 5.56 Å². The van der Waals surface area contributed by atoms with Gasteiger partial charge in [0.15, 0.2) is 0 Å². The molecular weight excluding hydrogens is 336 g/mol. The maximum Gasteiger partial charge on any atom is 0.251 e. The number of amides is 1. The fourth-order valence-electron chi connectivity index (χ4n) is 3.65. The highest BCUT2D eigenvalue weighted by Crippen LogP contribution is 2.34. The van der Waals surface area contributed by atoms with E-state index in [0.717, 1.165) is 42.0 Å². The molecule has 0 aliphatic carbocycles. The zero-order valence-electron chi connectivity index (χ0n) is 15.7. The van der Waals surface area contributed by atoms with E-state index in [9.17, 15) is 4.79 Å². The molecule has 1 aliphatic heterocycles. The molecule has 0 saturated heterocycles. The Labute approximate surface area is 159 Å². The predicted molar refractivity (Wildman–Crippen MR) is 108 cm³/mol. The van der Waals surface area contributed by atoms with Crippen LogP contribution >= 0.6 is 0 Å². The minimum atomic E-state index is -0.0378. The molecule has 2 heterocycles. The second kappa shape index (κ2) is 7.27. The molecule has 2 aromatic carbocycles. The van der Waals surface area contributed by atoms with E-state index < -0.39 is 0 Å². The fraction of sp³-hybridized carbons (Fsp3) is 0.273. The SMILES string of the molecule is CN(C)c1ccc(-c2ncn3c2[C@@H](NC(=O)c2ccccc2)CCC3)cc1. The zero-order chi connectivity index (χ0) is 18.8. The maximum atomic E-state index is 12.7. The quantitative estimate of drug-likeness (QED) is 0.768. The van der Waals surface area contributed by atoms with Crippen LogP contribution in [-0.2, 0) is 6.54 Å². The smallest absolute Gasteiger partial charge is 0.251 e. The molecule has 1 N–H and O–H groups in total. The molecule has 5 nitrogen and oxygen atoms in total. The summed E-state index contributed by atoms with van der Waals surface area (Å²) in [5, 5.41) is 3.21. The zero-order valence-corrected chi connectivity index (χ0v) is 15.7. The van der Waals surface area contributed by atoms with Gasteiger partial charge in [0, 0.05) is 37.5 Å². The number of hydrogen-bond donors (Lipinski definition) is 1. The van der Waals surface area contributed by atoms with E-state index in [1.807, 2.05) is 50.8 Å². The molecule has 0 bridgehead atoms. The van der Waals surface area contributed by atoms with Crippen molar-refractivity contribution in [2.75, 3.05) is 19.0 Å². The molecule has 0 unspecified atom stereocenters. The van der Waals surface area contributed by atoms with Crippen LogP contribution in [-0.4, -0.2) is 29.6 Å². The molecule has 1 aromatic heterocycles. The third-order valence-corrected chi connectivity index (χ3v) is 5.10. The lowest BCUT2D eigenvalue weighted by atomic mass is 9.98. The Kier molecular flexibility index (Phi) is 4.67. The summed E-state index contributed by atoms with van der Waals surface area (Å²) in [5.41, 5.74) is 4.98. The average molecular weight is 360 g/mol. The van der Waals surface area contributed by atoms with Gasteiger partial charge in [-0.2, -0.15) is 0 Å². The normalized spacial score (nSPS) is 15.9. The molecular formula is C22H24N4O. The van der Waals surface area contributed by atoms with Gasteiger partial charge in [-0.1, -0.05) is 30.3 Å². The summed E-state index contributed by atoms with van der Waals surface area (Å²) in [6.45, 7) is 0.940. The van der Waals surface area contributed by atoms with Crippen molar-refractivity contribution >= 4 is 11.6 Å². The van der Waals surface area contributed by atoms with Gasteiger partial charge in [-0.05, 0) is 37.1 Å². The Morgan fingerprint density at radius 1 is 1.11 bits per heavy atom. The van der Waals surface area contributed by atoms with E-state index in [2.05, 4.69) is 44.0 Å². The Balaban J connectivity index is 1.64. The highest BCUT2D eigenvalue weighted by molar-refractivity contribution is 5.94.